The van der Waals surface area contributed by atoms with Gasteiger partial charge >= 0.3 is 0 Å². The standard InChI is InChI=1S/C16H18FN3O5S/c1-26(21,22)13-3-2-9(4-11(13)17)16-19-14(25-20-16)8-24-15-10-5-18-6-12(15)23-7-10/h2-4,10,12,15,18H,5-8H2,1H3. The van der Waals surface area contributed by atoms with Gasteiger partial charge in [0.2, 0.25) is 5.82 Å². The summed E-state index contributed by atoms with van der Waals surface area (Å²) in [4.78, 5) is 3.83. The number of aromatic nitrogens is 2. The molecule has 2 saturated heterocycles. The molecule has 3 atom stereocenters. The Morgan fingerprint density at radius 2 is 2.23 bits per heavy atom. The van der Waals surface area contributed by atoms with E-state index in [2.05, 4.69) is 15.5 Å². The topological polar surface area (TPSA) is 104 Å². The zero-order valence-electron chi connectivity index (χ0n) is 14.0. The van der Waals surface area contributed by atoms with Crippen LogP contribution in [0.5, 0.6) is 0 Å². The van der Waals surface area contributed by atoms with Crippen LogP contribution < -0.4 is 5.32 Å². The number of benzene rings is 1. The summed E-state index contributed by atoms with van der Waals surface area (Å²) in [6.45, 7) is 2.41. The summed E-state index contributed by atoms with van der Waals surface area (Å²) in [5.74, 6) is -0.109. The van der Waals surface area contributed by atoms with Crippen molar-refractivity contribution in [3.63, 3.8) is 0 Å². The third kappa shape index (κ3) is 3.37. The van der Waals surface area contributed by atoms with Crippen molar-refractivity contribution in [2.24, 2.45) is 5.92 Å². The fourth-order valence-corrected chi connectivity index (χ4v) is 4.01. The second-order valence-corrected chi connectivity index (χ2v) is 8.48. The predicted molar refractivity (Wildman–Crippen MR) is 87.5 cm³/mol. The SMILES string of the molecule is CS(=O)(=O)c1ccc(-c2noc(COC3C4CNCC3OC4)n2)cc1F. The van der Waals surface area contributed by atoms with Gasteiger partial charge < -0.3 is 19.3 Å². The minimum Gasteiger partial charge on any atom is -0.374 e. The lowest BCUT2D eigenvalue weighted by molar-refractivity contribution is -0.0436. The molecule has 2 aliphatic rings. The fraction of sp³-hybridized carbons (Fsp3) is 0.500. The minimum absolute atomic E-state index is 0.0157. The fourth-order valence-electron chi connectivity index (χ4n) is 3.28. The van der Waals surface area contributed by atoms with Crippen molar-refractivity contribution in [3.8, 4) is 11.4 Å². The van der Waals surface area contributed by atoms with Gasteiger partial charge in [-0.15, -0.1) is 0 Å². The van der Waals surface area contributed by atoms with E-state index in [-0.39, 0.29) is 35.4 Å². The smallest absolute Gasteiger partial charge is 0.252 e. The maximum Gasteiger partial charge on any atom is 0.252 e. The minimum atomic E-state index is -3.63. The Labute approximate surface area is 149 Å². The summed E-state index contributed by atoms with van der Waals surface area (Å²) in [5, 5.41) is 7.10. The predicted octanol–water partition coefficient (Wildman–Crippen LogP) is 0.783. The molecule has 1 N–H and O–H groups in total. The number of nitrogens with zero attached hydrogens (tertiary/aromatic N) is 2. The Morgan fingerprint density at radius 3 is 2.96 bits per heavy atom. The van der Waals surface area contributed by atoms with Crippen LogP contribution in [0.15, 0.2) is 27.6 Å². The van der Waals surface area contributed by atoms with E-state index in [0.717, 1.165) is 25.4 Å². The molecule has 2 aromatic rings. The molecule has 8 nitrogen and oxygen atoms in total. The molecule has 4 rings (SSSR count). The molecule has 26 heavy (non-hydrogen) atoms. The number of sulfone groups is 1. The number of hydrogen-bond acceptors (Lipinski definition) is 8. The number of fused-ring (bicyclic) bond motifs is 2. The molecule has 10 heteroatoms. The van der Waals surface area contributed by atoms with Gasteiger partial charge in [0.05, 0.1) is 18.8 Å². The first-order valence-corrected chi connectivity index (χ1v) is 10.1. The maximum absolute atomic E-state index is 14.0. The molecule has 2 bridgehead atoms. The van der Waals surface area contributed by atoms with Gasteiger partial charge in [-0.2, -0.15) is 4.98 Å². The quantitative estimate of drug-likeness (QED) is 0.808. The van der Waals surface area contributed by atoms with Gasteiger partial charge in [0.15, 0.2) is 9.84 Å². The summed E-state index contributed by atoms with van der Waals surface area (Å²) < 4.78 is 53.7. The van der Waals surface area contributed by atoms with Crippen LogP contribution in [-0.2, 0) is 25.9 Å². The van der Waals surface area contributed by atoms with Crippen LogP contribution in [0.2, 0.25) is 0 Å². The molecule has 1 aromatic carbocycles. The number of piperidine rings is 1. The number of rotatable bonds is 5. The van der Waals surface area contributed by atoms with Crippen molar-refractivity contribution in [2.75, 3.05) is 26.0 Å². The van der Waals surface area contributed by atoms with Gasteiger partial charge in [-0.1, -0.05) is 5.16 Å². The maximum atomic E-state index is 14.0. The highest BCUT2D eigenvalue weighted by Crippen LogP contribution is 2.27. The summed E-state index contributed by atoms with van der Waals surface area (Å²) in [7, 11) is -3.63. The van der Waals surface area contributed by atoms with Crippen LogP contribution >= 0.6 is 0 Å². The third-order valence-corrected chi connectivity index (χ3v) is 5.69. The lowest BCUT2D eigenvalue weighted by atomic mass is 9.98. The molecule has 3 heterocycles. The summed E-state index contributed by atoms with van der Waals surface area (Å²) in [6.07, 6.45) is 0.957. The molecule has 0 amide bonds. The molecule has 0 aliphatic carbocycles. The van der Waals surface area contributed by atoms with E-state index in [0.29, 0.717) is 18.1 Å². The normalized spacial score (nSPS) is 25.5. The molecule has 3 unspecified atom stereocenters. The highest BCUT2D eigenvalue weighted by atomic mass is 32.2. The van der Waals surface area contributed by atoms with Crippen molar-refractivity contribution in [2.45, 2.75) is 23.7 Å². The van der Waals surface area contributed by atoms with Gasteiger partial charge in [-0.25, -0.2) is 12.8 Å². The highest BCUT2D eigenvalue weighted by molar-refractivity contribution is 7.90. The van der Waals surface area contributed by atoms with Crippen LogP contribution in [0, 0.1) is 11.7 Å². The van der Waals surface area contributed by atoms with Crippen molar-refractivity contribution in [1.29, 1.82) is 0 Å². The Bertz CT molecular complexity index is 900. The van der Waals surface area contributed by atoms with E-state index in [9.17, 15) is 12.8 Å². The molecule has 0 radical (unpaired) electrons. The molecular weight excluding hydrogens is 365 g/mol. The van der Waals surface area contributed by atoms with E-state index in [1.165, 1.54) is 12.1 Å². The summed E-state index contributed by atoms with van der Waals surface area (Å²) in [5.41, 5.74) is 0.329. The lowest BCUT2D eigenvalue weighted by Gasteiger charge is -2.27. The van der Waals surface area contributed by atoms with E-state index >= 15 is 0 Å². The molecule has 2 aliphatic heterocycles. The molecule has 2 fully saturated rings. The first kappa shape index (κ1) is 17.5. The van der Waals surface area contributed by atoms with E-state index in [1.54, 1.807) is 0 Å². The highest BCUT2D eigenvalue weighted by Gasteiger charge is 2.41. The van der Waals surface area contributed by atoms with E-state index in [1.807, 2.05) is 0 Å². The molecule has 0 spiro atoms. The third-order valence-electron chi connectivity index (χ3n) is 4.56. The average Bonchev–Trinajstić information content (AvgIpc) is 3.13. The second kappa shape index (κ2) is 6.69. The number of nitrogens with one attached hydrogen (secondary N) is 1. The first-order chi connectivity index (χ1) is 12.4. The van der Waals surface area contributed by atoms with Crippen LogP contribution in [0.3, 0.4) is 0 Å². The van der Waals surface area contributed by atoms with Gasteiger partial charge in [0.25, 0.3) is 5.89 Å². The number of hydrogen-bond donors (Lipinski definition) is 1. The van der Waals surface area contributed by atoms with Crippen molar-refractivity contribution in [3.05, 3.63) is 29.9 Å². The average molecular weight is 383 g/mol. The first-order valence-electron chi connectivity index (χ1n) is 8.18. The van der Waals surface area contributed by atoms with Gasteiger partial charge in [0, 0.05) is 30.8 Å². The Hall–Kier alpha value is -1.88. The molecular formula is C16H18FN3O5S. The Kier molecular flexibility index (Phi) is 4.51. The van der Waals surface area contributed by atoms with Crippen molar-refractivity contribution < 1.29 is 26.8 Å². The molecule has 0 saturated carbocycles. The van der Waals surface area contributed by atoms with Crippen molar-refractivity contribution in [1.82, 2.24) is 15.5 Å². The van der Waals surface area contributed by atoms with Crippen LogP contribution in [0.25, 0.3) is 11.4 Å². The van der Waals surface area contributed by atoms with Crippen LogP contribution in [-0.4, -0.2) is 56.7 Å². The zero-order valence-corrected chi connectivity index (χ0v) is 14.8. The van der Waals surface area contributed by atoms with Crippen molar-refractivity contribution >= 4 is 9.84 Å². The van der Waals surface area contributed by atoms with Crippen LogP contribution in [0.1, 0.15) is 5.89 Å². The Morgan fingerprint density at radius 1 is 1.38 bits per heavy atom. The zero-order chi connectivity index (χ0) is 18.3. The second-order valence-electron chi connectivity index (χ2n) is 6.49. The van der Waals surface area contributed by atoms with Gasteiger partial charge in [0.1, 0.15) is 17.3 Å². The summed E-state index contributed by atoms with van der Waals surface area (Å²) in [6, 6.07) is 3.71. The van der Waals surface area contributed by atoms with E-state index < -0.39 is 15.7 Å². The van der Waals surface area contributed by atoms with Gasteiger partial charge in [-0.05, 0) is 18.2 Å². The molecule has 1 aromatic heterocycles. The van der Waals surface area contributed by atoms with Crippen LogP contribution in [0.4, 0.5) is 4.39 Å². The Balaban J connectivity index is 1.46. The van der Waals surface area contributed by atoms with Gasteiger partial charge in [-0.3, -0.25) is 0 Å². The largest absolute Gasteiger partial charge is 0.374 e. The van der Waals surface area contributed by atoms with E-state index in [4.69, 9.17) is 14.0 Å². The summed E-state index contributed by atoms with van der Waals surface area (Å²) >= 11 is 0. The lowest BCUT2D eigenvalue weighted by Crippen LogP contribution is -2.46. The number of halogens is 1. The number of ether oxygens (including phenoxy) is 2. The monoisotopic (exact) mass is 383 g/mol. The molecule has 140 valence electrons.